The Hall–Kier alpha value is -3.09. The zero-order chi connectivity index (χ0) is 19.4. The lowest BCUT2D eigenvalue weighted by atomic mass is 9.79. The average molecular weight is 372 g/mol. The zero-order valence-corrected chi connectivity index (χ0v) is 14.9. The molecule has 2 N–H and O–H groups in total. The van der Waals surface area contributed by atoms with Crippen molar-refractivity contribution < 1.29 is 23.8 Å². The number of carbonyl (C=O) groups is 2. The van der Waals surface area contributed by atoms with E-state index in [1.54, 1.807) is 24.3 Å². The van der Waals surface area contributed by atoms with Gasteiger partial charge < -0.3 is 20.1 Å². The molecule has 3 rings (SSSR count). The van der Waals surface area contributed by atoms with Crippen LogP contribution in [0, 0.1) is 11.2 Å². The fourth-order valence-electron chi connectivity index (χ4n) is 2.98. The SMILES string of the molecule is CC1(C(=O)Nc2cccc(Oc3ccc(F)cc3)c2)CCN(C(=O)O)CC1. The molecule has 2 aromatic carbocycles. The van der Waals surface area contributed by atoms with E-state index >= 15 is 0 Å². The first-order chi connectivity index (χ1) is 12.9. The van der Waals surface area contributed by atoms with Gasteiger partial charge in [-0.05, 0) is 49.2 Å². The van der Waals surface area contributed by atoms with Crippen molar-refractivity contribution in [1.29, 1.82) is 0 Å². The summed E-state index contributed by atoms with van der Waals surface area (Å²) >= 11 is 0. The molecule has 27 heavy (non-hydrogen) atoms. The fourth-order valence-corrected chi connectivity index (χ4v) is 2.98. The van der Waals surface area contributed by atoms with Gasteiger partial charge in [0.2, 0.25) is 5.91 Å². The number of hydrogen-bond donors (Lipinski definition) is 2. The summed E-state index contributed by atoms with van der Waals surface area (Å²) < 4.78 is 18.7. The Morgan fingerprint density at radius 1 is 1.11 bits per heavy atom. The number of carbonyl (C=O) groups excluding carboxylic acids is 1. The third kappa shape index (κ3) is 4.55. The van der Waals surface area contributed by atoms with Crippen molar-refractivity contribution in [3.05, 3.63) is 54.3 Å². The third-order valence-electron chi connectivity index (χ3n) is 4.83. The van der Waals surface area contributed by atoms with E-state index in [-0.39, 0.29) is 11.7 Å². The molecule has 0 saturated carbocycles. The summed E-state index contributed by atoms with van der Waals surface area (Å²) in [6.07, 6.45) is -0.0172. The van der Waals surface area contributed by atoms with E-state index in [0.29, 0.717) is 43.1 Å². The predicted octanol–water partition coefficient (Wildman–Crippen LogP) is 4.34. The van der Waals surface area contributed by atoms with Crippen molar-refractivity contribution in [2.45, 2.75) is 19.8 Å². The van der Waals surface area contributed by atoms with Crippen molar-refractivity contribution >= 4 is 17.7 Å². The van der Waals surface area contributed by atoms with Crippen molar-refractivity contribution in [3.63, 3.8) is 0 Å². The second kappa shape index (κ2) is 7.65. The third-order valence-corrected chi connectivity index (χ3v) is 4.83. The van der Waals surface area contributed by atoms with Crippen LogP contribution in [0.3, 0.4) is 0 Å². The Labute approximate surface area is 156 Å². The molecule has 6 nitrogen and oxygen atoms in total. The molecule has 1 heterocycles. The molecule has 142 valence electrons. The highest BCUT2D eigenvalue weighted by molar-refractivity contribution is 5.95. The van der Waals surface area contributed by atoms with E-state index in [2.05, 4.69) is 5.32 Å². The maximum atomic E-state index is 13.0. The lowest BCUT2D eigenvalue weighted by molar-refractivity contribution is -0.127. The largest absolute Gasteiger partial charge is 0.465 e. The van der Waals surface area contributed by atoms with Gasteiger partial charge in [0.25, 0.3) is 0 Å². The Balaban J connectivity index is 1.64. The molecule has 1 aliphatic heterocycles. The first-order valence-electron chi connectivity index (χ1n) is 8.68. The fraction of sp³-hybridized carbons (Fsp3) is 0.300. The lowest BCUT2D eigenvalue weighted by Crippen LogP contribution is -2.46. The smallest absolute Gasteiger partial charge is 0.407 e. The van der Waals surface area contributed by atoms with E-state index in [0.717, 1.165) is 0 Å². The first kappa shape index (κ1) is 18.7. The maximum Gasteiger partial charge on any atom is 0.407 e. The molecule has 1 saturated heterocycles. The minimum absolute atomic E-state index is 0.147. The van der Waals surface area contributed by atoms with E-state index in [1.165, 1.54) is 29.2 Å². The summed E-state index contributed by atoms with van der Waals surface area (Å²) in [4.78, 5) is 25.1. The topological polar surface area (TPSA) is 78.9 Å². The van der Waals surface area contributed by atoms with Crippen LogP contribution >= 0.6 is 0 Å². The number of amides is 2. The molecule has 1 fully saturated rings. The Bertz CT molecular complexity index is 830. The minimum atomic E-state index is -0.955. The van der Waals surface area contributed by atoms with E-state index < -0.39 is 11.5 Å². The number of likely N-dealkylation sites (tertiary alicyclic amines) is 1. The lowest BCUT2D eigenvalue weighted by Gasteiger charge is -2.36. The molecule has 0 spiro atoms. The van der Waals surface area contributed by atoms with Gasteiger partial charge in [0.15, 0.2) is 0 Å². The number of halogens is 1. The van der Waals surface area contributed by atoms with Crippen molar-refractivity contribution in [2.75, 3.05) is 18.4 Å². The average Bonchev–Trinajstić information content (AvgIpc) is 2.64. The van der Waals surface area contributed by atoms with Gasteiger partial charge in [0.1, 0.15) is 17.3 Å². The molecular formula is C20H21FN2O4. The Kier molecular flexibility index (Phi) is 5.30. The number of nitrogens with one attached hydrogen (secondary N) is 1. The number of piperidine rings is 1. The van der Waals surface area contributed by atoms with Gasteiger partial charge in [-0.1, -0.05) is 13.0 Å². The van der Waals surface area contributed by atoms with Gasteiger partial charge in [-0.2, -0.15) is 0 Å². The van der Waals surface area contributed by atoms with Gasteiger partial charge in [-0.15, -0.1) is 0 Å². The van der Waals surface area contributed by atoms with Crippen molar-refractivity contribution in [2.24, 2.45) is 5.41 Å². The highest BCUT2D eigenvalue weighted by Gasteiger charge is 2.38. The van der Waals surface area contributed by atoms with Crippen LogP contribution in [-0.2, 0) is 4.79 Å². The number of hydrogen-bond acceptors (Lipinski definition) is 3. The van der Waals surface area contributed by atoms with E-state index in [9.17, 15) is 14.0 Å². The summed E-state index contributed by atoms with van der Waals surface area (Å²) in [5.41, 5.74) is -0.0405. The Morgan fingerprint density at radius 3 is 2.41 bits per heavy atom. The molecule has 0 radical (unpaired) electrons. The predicted molar refractivity (Wildman–Crippen MR) is 98.5 cm³/mol. The normalized spacial score (nSPS) is 15.9. The van der Waals surface area contributed by atoms with Gasteiger partial charge in [-0.3, -0.25) is 4.79 Å². The van der Waals surface area contributed by atoms with Crippen LogP contribution in [0.25, 0.3) is 0 Å². The number of nitrogens with zero attached hydrogens (tertiary/aromatic N) is 1. The molecule has 1 aliphatic rings. The quantitative estimate of drug-likeness (QED) is 0.837. The van der Waals surface area contributed by atoms with Crippen LogP contribution in [0.2, 0.25) is 0 Å². The summed E-state index contributed by atoms with van der Waals surface area (Å²) in [6, 6.07) is 12.6. The van der Waals surface area contributed by atoms with Gasteiger partial charge in [0.05, 0.1) is 5.41 Å². The molecular weight excluding hydrogens is 351 g/mol. The molecule has 0 bridgehead atoms. The number of ether oxygens (including phenoxy) is 1. The highest BCUT2D eigenvalue weighted by atomic mass is 19.1. The van der Waals surface area contributed by atoms with Gasteiger partial charge >= 0.3 is 6.09 Å². The molecule has 0 aromatic heterocycles. The molecule has 2 amide bonds. The number of carboxylic acid groups (broad SMARTS) is 1. The van der Waals surface area contributed by atoms with Crippen LogP contribution in [0.15, 0.2) is 48.5 Å². The van der Waals surface area contributed by atoms with Crippen LogP contribution < -0.4 is 10.1 Å². The number of rotatable bonds is 4. The molecule has 0 atom stereocenters. The standard InChI is InChI=1S/C20H21FN2O4/c1-20(9-11-23(12-10-20)19(25)26)18(24)22-15-3-2-4-17(13-15)27-16-7-5-14(21)6-8-16/h2-8,13H,9-12H2,1H3,(H,22,24)(H,25,26). The van der Waals surface area contributed by atoms with Crippen LogP contribution in [0.5, 0.6) is 11.5 Å². The monoisotopic (exact) mass is 372 g/mol. The second-order valence-electron chi connectivity index (χ2n) is 6.87. The van der Waals surface area contributed by atoms with Gasteiger partial charge in [0, 0.05) is 24.8 Å². The van der Waals surface area contributed by atoms with Crippen LogP contribution in [-0.4, -0.2) is 35.1 Å². The summed E-state index contributed by atoms with van der Waals surface area (Å²) in [7, 11) is 0. The first-order valence-corrected chi connectivity index (χ1v) is 8.68. The van der Waals surface area contributed by atoms with Gasteiger partial charge in [-0.25, -0.2) is 9.18 Å². The Morgan fingerprint density at radius 2 is 1.78 bits per heavy atom. The van der Waals surface area contributed by atoms with Crippen LogP contribution in [0.1, 0.15) is 19.8 Å². The van der Waals surface area contributed by atoms with E-state index in [4.69, 9.17) is 9.84 Å². The number of anilines is 1. The van der Waals surface area contributed by atoms with Crippen molar-refractivity contribution in [3.8, 4) is 11.5 Å². The maximum absolute atomic E-state index is 13.0. The molecule has 7 heteroatoms. The summed E-state index contributed by atoms with van der Waals surface area (Å²) in [6.45, 7) is 2.53. The van der Waals surface area contributed by atoms with Crippen LogP contribution in [0.4, 0.5) is 14.9 Å². The van der Waals surface area contributed by atoms with E-state index in [1.807, 2.05) is 6.92 Å². The highest BCUT2D eigenvalue weighted by Crippen LogP contribution is 2.33. The number of benzene rings is 2. The zero-order valence-electron chi connectivity index (χ0n) is 14.9. The second-order valence-corrected chi connectivity index (χ2v) is 6.87. The summed E-state index contributed by atoms with van der Waals surface area (Å²) in [5.74, 6) is 0.523. The molecule has 0 aliphatic carbocycles. The van der Waals surface area contributed by atoms with Crippen molar-refractivity contribution in [1.82, 2.24) is 4.90 Å². The summed E-state index contributed by atoms with van der Waals surface area (Å²) in [5, 5.41) is 11.9. The molecule has 2 aromatic rings. The minimum Gasteiger partial charge on any atom is -0.465 e. The molecule has 0 unspecified atom stereocenters.